The van der Waals surface area contributed by atoms with Gasteiger partial charge in [-0.05, 0) is 30.9 Å². The maximum absolute atomic E-state index is 11.6. The van der Waals surface area contributed by atoms with E-state index in [1.807, 2.05) is 12.1 Å². The first-order valence-corrected chi connectivity index (χ1v) is 7.20. The van der Waals surface area contributed by atoms with E-state index in [4.69, 9.17) is 10.2 Å². The highest BCUT2D eigenvalue weighted by molar-refractivity contribution is 5.76. The van der Waals surface area contributed by atoms with Crippen molar-refractivity contribution in [3.8, 4) is 0 Å². The van der Waals surface area contributed by atoms with Crippen LogP contribution in [0.1, 0.15) is 50.0 Å². The number of primary amides is 1. The lowest BCUT2D eigenvalue weighted by Crippen LogP contribution is -2.25. The predicted octanol–water partition coefficient (Wildman–Crippen LogP) is 1.72. The molecule has 1 aliphatic rings. The molecule has 20 heavy (non-hydrogen) atoms. The molecule has 2 rings (SSSR count). The first kappa shape index (κ1) is 14.6. The number of nitrogens with two attached hydrogens (primary N) is 1. The highest BCUT2D eigenvalue weighted by atomic mass is 16.3. The number of aryl methyl sites for hydroxylation is 1. The lowest BCUT2D eigenvalue weighted by atomic mass is 10.2. The van der Waals surface area contributed by atoms with Crippen molar-refractivity contribution in [1.29, 1.82) is 0 Å². The molecule has 2 amide bonds. The van der Waals surface area contributed by atoms with Gasteiger partial charge < -0.3 is 15.5 Å². The third-order valence-electron chi connectivity index (χ3n) is 3.68. The molecule has 1 aliphatic carbocycles. The molecule has 3 N–H and O–H groups in total. The summed E-state index contributed by atoms with van der Waals surface area (Å²) in [6.45, 7) is 2.71. The summed E-state index contributed by atoms with van der Waals surface area (Å²) in [4.78, 5) is 22.1. The number of hydrogen-bond acceptors (Lipinski definition) is 3. The molecule has 1 aromatic rings. The Kier molecular flexibility index (Phi) is 4.82. The van der Waals surface area contributed by atoms with Gasteiger partial charge in [0.2, 0.25) is 11.8 Å². The highest BCUT2D eigenvalue weighted by Gasteiger charge is 2.36. The van der Waals surface area contributed by atoms with Gasteiger partial charge in [0, 0.05) is 31.7 Å². The zero-order chi connectivity index (χ0) is 14.5. The highest BCUT2D eigenvalue weighted by Crippen LogP contribution is 2.47. The van der Waals surface area contributed by atoms with Crippen molar-refractivity contribution in [2.24, 2.45) is 11.7 Å². The van der Waals surface area contributed by atoms with Crippen LogP contribution in [-0.2, 0) is 16.0 Å². The molecule has 110 valence electrons. The number of carbonyl (C=O) groups is 2. The quantitative estimate of drug-likeness (QED) is 0.710. The van der Waals surface area contributed by atoms with E-state index in [1.54, 1.807) is 0 Å². The molecule has 0 radical (unpaired) electrons. The summed E-state index contributed by atoms with van der Waals surface area (Å²) < 4.78 is 5.74. The fourth-order valence-corrected chi connectivity index (χ4v) is 2.26. The first-order chi connectivity index (χ1) is 9.56. The maximum atomic E-state index is 11.6. The van der Waals surface area contributed by atoms with Gasteiger partial charge >= 0.3 is 0 Å². The van der Waals surface area contributed by atoms with E-state index in [0.29, 0.717) is 38.1 Å². The third kappa shape index (κ3) is 4.40. The van der Waals surface area contributed by atoms with Crippen molar-refractivity contribution >= 4 is 11.8 Å². The van der Waals surface area contributed by atoms with Crippen molar-refractivity contribution in [2.75, 3.05) is 6.54 Å². The van der Waals surface area contributed by atoms with E-state index in [1.165, 1.54) is 6.42 Å². The van der Waals surface area contributed by atoms with Gasteiger partial charge in [-0.3, -0.25) is 9.59 Å². The molecule has 0 aliphatic heterocycles. The molecule has 0 spiro atoms. The molecule has 2 atom stereocenters. The standard InChI is InChI=1S/C15H22N2O3/c1-10-9-12(10)13-6-4-11(20-13)5-7-15(19)17-8-2-3-14(16)18/h4,6,10,12H,2-3,5,7-9H2,1H3,(H2,16,18)(H,17,19)/t10-,12-/m1/s1. The average Bonchev–Trinajstić information content (AvgIpc) is 2.95. The lowest BCUT2D eigenvalue weighted by molar-refractivity contribution is -0.122. The zero-order valence-corrected chi connectivity index (χ0v) is 11.9. The van der Waals surface area contributed by atoms with Gasteiger partial charge in [0.05, 0.1) is 0 Å². The molecule has 5 heteroatoms. The molecule has 0 unspecified atom stereocenters. The number of hydrogen-bond donors (Lipinski definition) is 2. The normalized spacial score (nSPS) is 20.6. The van der Waals surface area contributed by atoms with Gasteiger partial charge in [-0.2, -0.15) is 0 Å². The van der Waals surface area contributed by atoms with E-state index < -0.39 is 0 Å². The summed E-state index contributed by atoms with van der Waals surface area (Å²) >= 11 is 0. The molecular weight excluding hydrogens is 256 g/mol. The molecule has 1 aromatic heterocycles. The van der Waals surface area contributed by atoms with Crippen LogP contribution in [0.3, 0.4) is 0 Å². The third-order valence-corrected chi connectivity index (χ3v) is 3.68. The van der Waals surface area contributed by atoms with Crippen LogP contribution >= 0.6 is 0 Å². The van der Waals surface area contributed by atoms with Crippen molar-refractivity contribution in [3.05, 3.63) is 23.7 Å². The molecule has 0 bridgehead atoms. The van der Waals surface area contributed by atoms with Crippen LogP contribution in [0, 0.1) is 5.92 Å². The second kappa shape index (κ2) is 6.59. The van der Waals surface area contributed by atoms with Gasteiger partial charge in [-0.25, -0.2) is 0 Å². The Morgan fingerprint density at radius 2 is 2.15 bits per heavy atom. The molecule has 1 fully saturated rings. The topological polar surface area (TPSA) is 85.3 Å². The number of furan rings is 1. The van der Waals surface area contributed by atoms with Crippen molar-refractivity contribution in [2.45, 2.75) is 44.9 Å². The molecule has 5 nitrogen and oxygen atoms in total. The Bertz CT molecular complexity index is 481. The van der Waals surface area contributed by atoms with Crippen LogP contribution in [0.4, 0.5) is 0 Å². The van der Waals surface area contributed by atoms with Gasteiger partial charge in [-0.15, -0.1) is 0 Å². The minimum absolute atomic E-state index is 0.0211. The van der Waals surface area contributed by atoms with Crippen LogP contribution < -0.4 is 11.1 Å². The number of carbonyl (C=O) groups excluding carboxylic acids is 2. The minimum atomic E-state index is -0.336. The van der Waals surface area contributed by atoms with Crippen LogP contribution in [0.5, 0.6) is 0 Å². The summed E-state index contributed by atoms with van der Waals surface area (Å²) in [6, 6.07) is 3.98. The fourth-order valence-electron chi connectivity index (χ4n) is 2.26. The van der Waals surface area contributed by atoms with E-state index >= 15 is 0 Å². The molecule has 0 saturated heterocycles. The monoisotopic (exact) mass is 278 g/mol. The summed E-state index contributed by atoms with van der Waals surface area (Å²) in [5.41, 5.74) is 5.02. The van der Waals surface area contributed by atoms with Gasteiger partial charge in [-0.1, -0.05) is 6.92 Å². The number of nitrogens with one attached hydrogen (secondary N) is 1. The predicted molar refractivity (Wildman–Crippen MR) is 75.0 cm³/mol. The Morgan fingerprint density at radius 3 is 2.80 bits per heavy atom. The van der Waals surface area contributed by atoms with Gasteiger partial charge in [0.25, 0.3) is 0 Å². The second-order valence-electron chi connectivity index (χ2n) is 5.54. The minimum Gasteiger partial charge on any atom is -0.466 e. The van der Waals surface area contributed by atoms with E-state index in [0.717, 1.165) is 17.4 Å². The average molecular weight is 278 g/mol. The SMILES string of the molecule is C[C@@H]1C[C@H]1c1ccc(CCC(=O)NCCCC(N)=O)o1. The lowest BCUT2D eigenvalue weighted by Gasteiger charge is -2.03. The van der Waals surface area contributed by atoms with E-state index in [9.17, 15) is 9.59 Å². The van der Waals surface area contributed by atoms with Crippen LogP contribution in [0.2, 0.25) is 0 Å². The Hall–Kier alpha value is -1.78. The zero-order valence-electron chi connectivity index (χ0n) is 11.9. The maximum Gasteiger partial charge on any atom is 0.220 e. The smallest absolute Gasteiger partial charge is 0.220 e. The summed E-state index contributed by atoms with van der Waals surface area (Å²) in [7, 11) is 0. The van der Waals surface area contributed by atoms with E-state index in [2.05, 4.69) is 12.2 Å². The van der Waals surface area contributed by atoms with Crippen LogP contribution in [-0.4, -0.2) is 18.4 Å². The molecule has 0 aromatic carbocycles. The summed E-state index contributed by atoms with van der Waals surface area (Å²) in [6.07, 6.45) is 3.12. The van der Waals surface area contributed by atoms with Crippen molar-refractivity contribution in [3.63, 3.8) is 0 Å². The van der Waals surface area contributed by atoms with Crippen molar-refractivity contribution in [1.82, 2.24) is 5.32 Å². The Labute approximate surface area is 118 Å². The Morgan fingerprint density at radius 1 is 1.40 bits per heavy atom. The molecular formula is C15H22N2O3. The summed E-state index contributed by atoms with van der Waals surface area (Å²) in [5.74, 6) is 2.86. The number of amides is 2. The van der Waals surface area contributed by atoms with E-state index in [-0.39, 0.29) is 11.8 Å². The van der Waals surface area contributed by atoms with Gasteiger partial charge in [0.15, 0.2) is 0 Å². The number of rotatable bonds is 8. The second-order valence-corrected chi connectivity index (χ2v) is 5.54. The fraction of sp³-hybridized carbons (Fsp3) is 0.600. The molecule has 1 heterocycles. The summed E-state index contributed by atoms with van der Waals surface area (Å²) in [5, 5.41) is 2.77. The van der Waals surface area contributed by atoms with Crippen LogP contribution in [0.25, 0.3) is 0 Å². The van der Waals surface area contributed by atoms with Gasteiger partial charge in [0.1, 0.15) is 11.5 Å². The van der Waals surface area contributed by atoms with Crippen LogP contribution in [0.15, 0.2) is 16.5 Å². The van der Waals surface area contributed by atoms with Crippen molar-refractivity contribution < 1.29 is 14.0 Å². The largest absolute Gasteiger partial charge is 0.466 e. The first-order valence-electron chi connectivity index (χ1n) is 7.20. The molecule has 1 saturated carbocycles. The Balaban J connectivity index is 1.63.